The average molecular weight is 359 g/mol. The minimum absolute atomic E-state index is 0.0635. The van der Waals surface area contributed by atoms with Gasteiger partial charge in [-0.15, -0.1) is 0 Å². The number of halogens is 1. The van der Waals surface area contributed by atoms with Gasteiger partial charge in [-0.2, -0.15) is 5.10 Å². The number of carbonyl (C=O) groups is 1. The second kappa shape index (κ2) is 8.83. The van der Waals surface area contributed by atoms with Gasteiger partial charge in [0.2, 0.25) is 0 Å². The van der Waals surface area contributed by atoms with Crippen LogP contribution in [0.15, 0.2) is 30.3 Å². The zero-order valence-electron chi connectivity index (χ0n) is 15.2. The second-order valence-corrected chi connectivity index (χ2v) is 6.85. The van der Waals surface area contributed by atoms with Crippen molar-refractivity contribution in [3.05, 3.63) is 47.5 Å². The Morgan fingerprint density at radius 2 is 2.08 bits per heavy atom. The molecular weight excluding hydrogens is 333 g/mol. The fourth-order valence-electron chi connectivity index (χ4n) is 3.46. The van der Waals surface area contributed by atoms with Crippen LogP contribution in [-0.2, 0) is 6.61 Å². The van der Waals surface area contributed by atoms with Crippen molar-refractivity contribution >= 4 is 5.91 Å². The number of ether oxygens (including phenoxy) is 1. The number of rotatable bonds is 7. The van der Waals surface area contributed by atoms with E-state index in [-0.39, 0.29) is 18.3 Å². The highest BCUT2D eigenvalue weighted by Gasteiger charge is 2.22. The van der Waals surface area contributed by atoms with E-state index in [1.807, 2.05) is 11.8 Å². The van der Waals surface area contributed by atoms with Gasteiger partial charge in [-0.25, -0.2) is 4.39 Å². The Labute approximate surface area is 153 Å². The van der Waals surface area contributed by atoms with E-state index >= 15 is 0 Å². The van der Waals surface area contributed by atoms with Crippen LogP contribution in [0.25, 0.3) is 0 Å². The number of hydrogen-bond acceptors (Lipinski definition) is 3. The number of benzene rings is 1. The summed E-state index contributed by atoms with van der Waals surface area (Å²) in [6, 6.07) is 7.93. The molecule has 1 saturated carbocycles. The van der Waals surface area contributed by atoms with Crippen molar-refractivity contribution in [1.82, 2.24) is 15.1 Å². The number of para-hydroxylation sites is 1. The van der Waals surface area contributed by atoms with Gasteiger partial charge in [-0.1, -0.05) is 31.4 Å². The molecule has 26 heavy (non-hydrogen) atoms. The van der Waals surface area contributed by atoms with Gasteiger partial charge in [0.1, 0.15) is 6.61 Å². The maximum atomic E-state index is 13.6. The van der Waals surface area contributed by atoms with E-state index in [0.29, 0.717) is 23.9 Å². The summed E-state index contributed by atoms with van der Waals surface area (Å²) in [6.07, 6.45) is 6.23. The molecule has 0 atom stereocenters. The lowest BCUT2D eigenvalue weighted by atomic mass is 9.89. The van der Waals surface area contributed by atoms with Crippen molar-refractivity contribution in [2.45, 2.75) is 45.6 Å². The van der Waals surface area contributed by atoms with Gasteiger partial charge >= 0.3 is 0 Å². The lowest BCUT2D eigenvalue weighted by Gasteiger charge is -2.28. The van der Waals surface area contributed by atoms with E-state index in [0.717, 1.165) is 6.54 Å². The number of nitrogens with one attached hydrogen (secondary N) is 1. The predicted octanol–water partition coefficient (Wildman–Crippen LogP) is 4.17. The van der Waals surface area contributed by atoms with Crippen LogP contribution < -0.4 is 4.74 Å². The Bertz CT molecular complexity index is 725. The highest BCUT2D eigenvalue weighted by molar-refractivity contribution is 5.92. The van der Waals surface area contributed by atoms with E-state index < -0.39 is 5.82 Å². The Hall–Kier alpha value is -2.37. The first-order chi connectivity index (χ1) is 12.7. The van der Waals surface area contributed by atoms with Gasteiger partial charge < -0.3 is 9.64 Å². The summed E-state index contributed by atoms with van der Waals surface area (Å²) in [5, 5.41) is 6.94. The lowest BCUT2D eigenvalue weighted by Crippen LogP contribution is -2.36. The van der Waals surface area contributed by atoms with Crippen LogP contribution in [0.1, 0.15) is 55.2 Å². The number of amides is 1. The SMILES string of the molecule is CCN(CC1CCCCC1)C(=O)c1cc(COc2ccccc2F)[nH]n1. The van der Waals surface area contributed by atoms with Gasteiger partial charge in [0.25, 0.3) is 5.91 Å². The topological polar surface area (TPSA) is 58.2 Å². The number of aromatic nitrogens is 2. The molecule has 5 nitrogen and oxygen atoms in total. The second-order valence-electron chi connectivity index (χ2n) is 6.85. The van der Waals surface area contributed by atoms with Crippen molar-refractivity contribution in [1.29, 1.82) is 0 Å². The zero-order chi connectivity index (χ0) is 18.4. The monoisotopic (exact) mass is 359 g/mol. The minimum atomic E-state index is -0.409. The van der Waals surface area contributed by atoms with E-state index in [1.165, 1.54) is 38.2 Å². The standard InChI is InChI=1S/C20H26FN3O2/c1-2-24(13-15-8-4-3-5-9-15)20(25)18-12-16(22-23-18)14-26-19-11-7-6-10-17(19)21/h6-7,10-12,15H,2-5,8-9,13-14H2,1H3,(H,22,23). The summed E-state index contributed by atoms with van der Waals surface area (Å²) in [4.78, 5) is 14.6. The smallest absolute Gasteiger partial charge is 0.274 e. The summed E-state index contributed by atoms with van der Waals surface area (Å²) < 4.78 is 19.0. The Morgan fingerprint density at radius 1 is 1.31 bits per heavy atom. The number of carbonyl (C=O) groups excluding carboxylic acids is 1. The van der Waals surface area contributed by atoms with Crippen molar-refractivity contribution in [2.75, 3.05) is 13.1 Å². The van der Waals surface area contributed by atoms with E-state index in [9.17, 15) is 9.18 Å². The lowest BCUT2D eigenvalue weighted by molar-refractivity contribution is 0.0718. The minimum Gasteiger partial charge on any atom is -0.484 e. The van der Waals surface area contributed by atoms with Crippen molar-refractivity contribution < 1.29 is 13.9 Å². The summed E-state index contributed by atoms with van der Waals surface area (Å²) >= 11 is 0. The first-order valence-electron chi connectivity index (χ1n) is 9.38. The fourth-order valence-corrected chi connectivity index (χ4v) is 3.46. The van der Waals surface area contributed by atoms with Gasteiger partial charge in [-0.05, 0) is 43.9 Å². The molecule has 1 heterocycles. The van der Waals surface area contributed by atoms with Crippen LogP contribution >= 0.6 is 0 Å². The first-order valence-corrected chi connectivity index (χ1v) is 9.38. The molecule has 3 rings (SSSR count). The number of hydrogen-bond donors (Lipinski definition) is 1. The quantitative estimate of drug-likeness (QED) is 0.807. The summed E-state index contributed by atoms with van der Waals surface area (Å²) in [5.41, 5.74) is 1.03. The third-order valence-electron chi connectivity index (χ3n) is 4.94. The largest absolute Gasteiger partial charge is 0.484 e. The number of aromatic amines is 1. The third kappa shape index (κ3) is 4.62. The third-order valence-corrected chi connectivity index (χ3v) is 4.94. The van der Waals surface area contributed by atoms with Gasteiger partial charge in [-0.3, -0.25) is 9.89 Å². The Balaban J connectivity index is 1.58. The first kappa shape index (κ1) is 18.4. The molecule has 0 radical (unpaired) electrons. The highest BCUT2D eigenvalue weighted by atomic mass is 19.1. The van der Waals surface area contributed by atoms with Crippen LogP contribution in [0.2, 0.25) is 0 Å². The summed E-state index contributed by atoms with van der Waals surface area (Å²) in [7, 11) is 0. The normalized spacial score (nSPS) is 15.0. The molecule has 1 fully saturated rings. The van der Waals surface area contributed by atoms with Crippen LogP contribution in [0.4, 0.5) is 4.39 Å². The zero-order valence-corrected chi connectivity index (χ0v) is 15.2. The molecule has 6 heteroatoms. The predicted molar refractivity (Wildman–Crippen MR) is 97.5 cm³/mol. The van der Waals surface area contributed by atoms with Crippen LogP contribution in [0.3, 0.4) is 0 Å². The van der Waals surface area contributed by atoms with Crippen LogP contribution in [0, 0.1) is 11.7 Å². The van der Waals surface area contributed by atoms with Crippen LogP contribution in [-0.4, -0.2) is 34.1 Å². The molecule has 1 N–H and O–H groups in total. The maximum Gasteiger partial charge on any atom is 0.274 e. The fraction of sp³-hybridized carbons (Fsp3) is 0.500. The van der Waals surface area contributed by atoms with E-state index in [2.05, 4.69) is 10.2 Å². The van der Waals surface area contributed by atoms with E-state index in [1.54, 1.807) is 24.3 Å². The average Bonchev–Trinajstić information content (AvgIpc) is 3.15. The molecule has 1 aromatic carbocycles. The molecule has 0 aliphatic heterocycles. The summed E-state index contributed by atoms with van der Waals surface area (Å²) in [6.45, 7) is 3.60. The molecule has 0 spiro atoms. The van der Waals surface area contributed by atoms with Gasteiger partial charge in [0.15, 0.2) is 17.3 Å². The molecule has 2 aromatic rings. The molecule has 0 saturated heterocycles. The Kier molecular flexibility index (Phi) is 6.26. The Morgan fingerprint density at radius 3 is 2.81 bits per heavy atom. The molecule has 1 aromatic heterocycles. The van der Waals surface area contributed by atoms with Crippen molar-refractivity contribution in [3.8, 4) is 5.75 Å². The highest BCUT2D eigenvalue weighted by Crippen LogP contribution is 2.25. The molecular formula is C20H26FN3O2. The molecule has 0 bridgehead atoms. The molecule has 0 unspecified atom stereocenters. The van der Waals surface area contributed by atoms with Gasteiger partial charge in [0.05, 0.1) is 5.69 Å². The van der Waals surface area contributed by atoms with Crippen molar-refractivity contribution in [2.24, 2.45) is 5.92 Å². The molecule has 1 aliphatic carbocycles. The van der Waals surface area contributed by atoms with Crippen LogP contribution in [0.5, 0.6) is 5.75 Å². The van der Waals surface area contributed by atoms with Crippen molar-refractivity contribution in [3.63, 3.8) is 0 Å². The summed E-state index contributed by atoms with van der Waals surface area (Å²) in [5.74, 6) is 0.303. The maximum absolute atomic E-state index is 13.6. The molecule has 1 amide bonds. The van der Waals surface area contributed by atoms with E-state index in [4.69, 9.17) is 4.74 Å². The van der Waals surface area contributed by atoms with Gasteiger partial charge in [0, 0.05) is 13.1 Å². The molecule has 140 valence electrons. The molecule has 1 aliphatic rings. The number of nitrogens with zero attached hydrogens (tertiary/aromatic N) is 2. The number of H-pyrrole nitrogens is 1.